The van der Waals surface area contributed by atoms with Crippen molar-refractivity contribution < 1.29 is 28.6 Å². The topological polar surface area (TPSA) is 78.9 Å². The molecule has 0 aliphatic carbocycles. The second kappa shape index (κ2) is 48.8. The van der Waals surface area contributed by atoms with Crippen molar-refractivity contribution in [3.05, 3.63) is 60.8 Å². The van der Waals surface area contributed by atoms with E-state index in [1.807, 2.05) is 6.08 Å². The lowest BCUT2D eigenvalue weighted by Gasteiger charge is -2.18. The van der Waals surface area contributed by atoms with Gasteiger partial charge >= 0.3 is 17.9 Å². The van der Waals surface area contributed by atoms with Crippen molar-refractivity contribution in [3.8, 4) is 0 Å². The standard InChI is InChI=1S/C54H94O6/c1-4-7-10-13-16-19-22-25-26-27-30-32-35-38-41-44-47-53(56)59-50-51(60-54(57)48-45-42-39-36-33-29-24-21-18-15-12-9-6-3)49-58-52(55)46-43-40-37-34-31-28-23-20-17-14-11-8-5-2/h9,12,15,18,21,24,28,31,37,40,51H,4-8,10-11,13-14,16-17,19-20,22-23,25-27,29-30,32-36,38-39,41-50H2,1-3H3/b12-9-,18-15-,24-21-,31-28-,40-37-. The Morgan fingerprint density at radius 2 is 0.750 bits per heavy atom. The van der Waals surface area contributed by atoms with Crippen LogP contribution in [0.15, 0.2) is 60.8 Å². The summed E-state index contributed by atoms with van der Waals surface area (Å²) >= 11 is 0. The summed E-state index contributed by atoms with van der Waals surface area (Å²) in [6.07, 6.45) is 59.3. The molecule has 0 saturated carbocycles. The lowest BCUT2D eigenvalue weighted by atomic mass is 10.0. The molecule has 0 spiro atoms. The van der Waals surface area contributed by atoms with E-state index >= 15 is 0 Å². The number of rotatable bonds is 45. The summed E-state index contributed by atoms with van der Waals surface area (Å²) in [6.45, 7) is 6.43. The number of allylic oxidation sites excluding steroid dienone is 10. The number of carbonyl (C=O) groups is 3. The number of hydrogen-bond acceptors (Lipinski definition) is 6. The van der Waals surface area contributed by atoms with Gasteiger partial charge in [-0.15, -0.1) is 0 Å². The molecule has 0 N–H and O–H groups in total. The summed E-state index contributed by atoms with van der Waals surface area (Å²) in [5.74, 6) is -0.986. The quantitative estimate of drug-likeness (QED) is 0.0200. The summed E-state index contributed by atoms with van der Waals surface area (Å²) < 4.78 is 16.7. The first-order valence-corrected chi connectivity index (χ1v) is 25.3. The number of unbranched alkanes of at least 4 members (excludes halogenated alkanes) is 26. The fourth-order valence-corrected chi connectivity index (χ4v) is 7.02. The highest BCUT2D eigenvalue weighted by Crippen LogP contribution is 2.15. The zero-order chi connectivity index (χ0) is 43.7. The Hall–Kier alpha value is -2.89. The molecule has 6 heteroatoms. The third kappa shape index (κ3) is 46.2. The van der Waals surface area contributed by atoms with E-state index in [0.29, 0.717) is 19.3 Å². The van der Waals surface area contributed by atoms with E-state index in [-0.39, 0.29) is 37.5 Å². The Bertz CT molecular complexity index is 1100. The van der Waals surface area contributed by atoms with E-state index in [2.05, 4.69) is 75.5 Å². The summed E-state index contributed by atoms with van der Waals surface area (Å²) in [4.78, 5) is 37.9. The van der Waals surface area contributed by atoms with Crippen LogP contribution in [0, 0.1) is 0 Å². The minimum atomic E-state index is -0.804. The van der Waals surface area contributed by atoms with Gasteiger partial charge in [0.1, 0.15) is 13.2 Å². The van der Waals surface area contributed by atoms with Crippen LogP contribution in [-0.4, -0.2) is 37.2 Å². The number of carbonyl (C=O) groups excluding carboxylic acids is 3. The van der Waals surface area contributed by atoms with Crippen molar-refractivity contribution in [2.24, 2.45) is 0 Å². The molecule has 6 nitrogen and oxygen atoms in total. The molecule has 0 rings (SSSR count). The maximum absolute atomic E-state index is 12.8. The lowest BCUT2D eigenvalue weighted by Crippen LogP contribution is -2.30. The van der Waals surface area contributed by atoms with E-state index in [1.54, 1.807) is 0 Å². The molecule has 346 valence electrons. The van der Waals surface area contributed by atoms with Crippen LogP contribution >= 0.6 is 0 Å². The van der Waals surface area contributed by atoms with Crippen molar-refractivity contribution in [2.75, 3.05) is 13.2 Å². The van der Waals surface area contributed by atoms with Gasteiger partial charge in [-0.2, -0.15) is 0 Å². The van der Waals surface area contributed by atoms with Crippen LogP contribution in [0.5, 0.6) is 0 Å². The normalized spacial score (nSPS) is 12.5. The average molecular weight is 839 g/mol. The van der Waals surface area contributed by atoms with Gasteiger partial charge in [0.25, 0.3) is 0 Å². The minimum absolute atomic E-state index is 0.0979. The SMILES string of the molecule is CC\C=C/C=C\C=C/CCCCCCCC(=O)OC(COC(=O)CC/C=C\C/C=C\CCCCCCCC)COC(=O)CCCCCCCCCCCCCCCCCC. The fourth-order valence-electron chi connectivity index (χ4n) is 7.02. The molecule has 0 radical (unpaired) electrons. The molecule has 0 saturated heterocycles. The highest BCUT2D eigenvalue weighted by molar-refractivity contribution is 5.71. The maximum atomic E-state index is 12.8. The van der Waals surface area contributed by atoms with E-state index in [0.717, 1.165) is 77.0 Å². The Morgan fingerprint density at radius 3 is 1.23 bits per heavy atom. The maximum Gasteiger partial charge on any atom is 0.306 e. The van der Waals surface area contributed by atoms with Gasteiger partial charge in [0, 0.05) is 19.3 Å². The second-order valence-electron chi connectivity index (χ2n) is 16.8. The summed E-state index contributed by atoms with van der Waals surface area (Å²) in [5.41, 5.74) is 0. The molecule has 0 aromatic carbocycles. The van der Waals surface area contributed by atoms with Crippen molar-refractivity contribution in [3.63, 3.8) is 0 Å². The van der Waals surface area contributed by atoms with Crippen LogP contribution in [0.3, 0.4) is 0 Å². The first-order valence-electron chi connectivity index (χ1n) is 25.3. The summed E-state index contributed by atoms with van der Waals surface area (Å²) in [7, 11) is 0. The number of hydrogen-bond donors (Lipinski definition) is 0. The molecule has 1 atom stereocenters. The average Bonchev–Trinajstić information content (AvgIpc) is 3.24. The molecule has 60 heavy (non-hydrogen) atoms. The van der Waals surface area contributed by atoms with Crippen molar-refractivity contribution >= 4 is 17.9 Å². The van der Waals surface area contributed by atoms with Gasteiger partial charge in [0.2, 0.25) is 0 Å². The van der Waals surface area contributed by atoms with Gasteiger partial charge < -0.3 is 14.2 Å². The van der Waals surface area contributed by atoms with Crippen LogP contribution < -0.4 is 0 Å². The minimum Gasteiger partial charge on any atom is -0.462 e. The monoisotopic (exact) mass is 839 g/mol. The van der Waals surface area contributed by atoms with Crippen molar-refractivity contribution in [1.29, 1.82) is 0 Å². The first-order chi connectivity index (χ1) is 29.5. The smallest absolute Gasteiger partial charge is 0.306 e. The molecule has 0 aromatic rings. The van der Waals surface area contributed by atoms with Gasteiger partial charge in [-0.25, -0.2) is 0 Å². The van der Waals surface area contributed by atoms with Gasteiger partial charge in [-0.1, -0.05) is 229 Å². The number of ether oxygens (including phenoxy) is 3. The van der Waals surface area contributed by atoms with Crippen molar-refractivity contribution in [1.82, 2.24) is 0 Å². The Labute approximate surface area is 370 Å². The van der Waals surface area contributed by atoms with Crippen LogP contribution in [-0.2, 0) is 28.6 Å². The van der Waals surface area contributed by atoms with Gasteiger partial charge in [0.15, 0.2) is 6.10 Å². The predicted octanol–water partition coefficient (Wildman–Crippen LogP) is 16.5. The van der Waals surface area contributed by atoms with E-state index < -0.39 is 6.10 Å². The fraction of sp³-hybridized carbons (Fsp3) is 0.759. The van der Waals surface area contributed by atoms with Gasteiger partial charge in [0.05, 0.1) is 0 Å². The first kappa shape index (κ1) is 57.1. The van der Waals surface area contributed by atoms with Crippen molar-refractivity contribution in [2.45, 2.75) is 252 Å². The molecule has 0 heterocycles. The highest BCUT2D eigenvalue weighted by Gasteiger charge is 2.19. The molecular formula is C54H94O6. The number of esters is 3. The molecule has 0 bridgehead atoms. The zero-order valence-electron chi connectivity index (χ0n) is 39.5. The highest BCUT2D eigenvalue weighted by atomic mass is 16.6. The third-order valence-electron chi connectivity index (χ3n) is 10.8. The largest absolute Gasteiger partial charge is 0.462 e. The van der Waals surface area contributed by atoms with Crippen LogP contribution in [0.4, 0.5) is 0 Å². The van der Waals surface area contributed by atoms with Gasteiger partial charge in [-0.05, 0) is 57.8 Å². The Balaban J connectivity index is 4.43. The van der Waals surface area contributed by atoms with E-state index in [9.17, 15) is 14.4 Å². The Kier molecular flexibility index (Phi) is 46.4. The molecule has 0 fully saturated rings. The molecule has 0 aliphatic rings. The molecule has 1 unspecified atom stereocenters. The van der Waals surface area contributed by atoms with Crippen LogP contribution in [0.25, 0.3) is 0 Å². The predicted molar refractivity (Wildman–Crippen MR) is 256 cm³/mol. The second-order valence-corrected chi connectivity index (χ2v) is 16.8. The molecule has 0 aliphatic heterocycles. The van der Waals surface area contributed by atoms with E-state index in [4.69, 9.17) is 14.2 Å². The molecular weight excluding hydrogens is 745 g/mol. The zero-order valence-corrected chi connectivity index (χ0v) is 39.5. The lowest BCUT2D eigenvalue weighted by molar-refractivity contribution is -0.166. The third-order valence-corrected chi connectivity index (χ3v) is 10.8. The Morgan fingerprint density at radius 1 is 0.367 bits per heavy atom. The molecule has 0 amide bonds. The van der Waals surface area contributed by atoms with Crippen LogP contribution in [0.1, 0.15) is 245 Å². The molecule has 0 aromatic heterocycles. The van der Waals surface area contributed by atoms with Crippen LogP contribution in [0.2, 0.25) is 0 Å². The van der Waals surface area contributed by atoms with E-state index in [1.165, 1.54) is 122 Å². The summed E-state index contributed by atoms with van der Waals surface area (Å²) in [6, 6.07) is 0. The van der Waals surface area contributed by atoms with Gasteiger partial charge in [-0.3, -0.25) is 14.4 Å². The summed E-state index contributed by atoms with van der Waals surface area (Å²) in [5, 5.41) is 0.